The van der Waals surface area contributed by atoms with Crippen LogP contribution in [0.5, 0.6) is 17.4 Å². The van der Waals surface area contributed by atoms with Crippen LogP contribution in [0.3, 0.4) is 0 Å². The Kier molecular flexibility index (Phi) is 6.81. The van der Waals surface area contributed by atoms with Gasteiger partial charge in [-0.2, -0.15) is 0 Å². The summed E-state index contributed by atoms with van der Waals surface area (Å²) in [7, 11) is 0. The summed E-state index contributed by atoms with van der Waals surface area (Å²) >= 11 is 0. The molecule has 0 spiro atoms. The Morgan fingerprint density at radius 1 is 1.07 bits per heavy atom. The number of carbonyl (C=O) groups excluding carboxylic acids is 1. The van der Waals surface area contributed by atoms with Crippen LogP contribution in [0.15, 0.2) is 42.6 Å². The van der Waals surface area contributed by atoms with Crippen molar-refractivity contribution >= 4 is 5.91 Å². The third-order valence-corrected chi connectivity index (χ3v) is 5.50. The predicted octanol–water partition coefficient (Wildman–Crippen LogP) is 2.83. The van der Waals surface area contributed by atoms with Crippen molar-refractivity contribution in [1.29, 1.82) is 0 Å². The molecule has 0 aliphatic carbocycles. The maximum absolute atomic E-state index is 12.6. The van der Waals surface area contributed by atoms with Gasteiger partial charge in [-0.25, -0.2) is 4.98 Å². The molecule has 0 bridgehead atoms. The minimum atomic E-state index is -0.381. The highest BCUT2D eigenvalue weighted by Gasteiger charge is 2.29. The summed E-state index contributed by atoms with van der Waals surface area (Å²) in [6.07, 6.45) is 5.50. The molecule has 0 radical (unpaired) electrons. The molecule has 7 heteroatoms. The van der Waals surface area contributed by atoms with E-state index in [0.717, 1.165) is 43.5 Å². The molecule has 2 aliphatic rings. The molecule has 0 atom stereocenters. The zero-order chi connectivity index (χ0) is 20.8. The number of rotatable bonds is 2. The van der Waals surface area contributed by atoms with Crippen molar-refractivity contribution < 1.29 is 19.4 Å². The van der Waals surface area contributed by atoms with Gasteiger partial charge in [-0.15, -0.1) is 0 Å². The number of amides is 1. The zero-order valence-electron chi connectivity index (χ0n) is 17.2. The lowest BCUT2D eigenvalue weighted by molar-refractivity contribution is -0.142. The number of hydrogen-bond acceptors (Lipinski definition) is 6. The number of hydrogen-bond donors (Lipinski definition) is 1. The highest BCUT2D eigenvalue weighted by molar-refractivity contribution is 5.79. The second kappa shape index (κ2) is 9.91. The van der Waals surface area contributed by atoms with Crippen molar-refractivity contribution in [2.75, 3.05) is 32.8 Å². The maximum Gasteiger partial charge on any atom is 0.236 e. The number of benzene rings is 1. The Morgan fingerprint density at radius 3 is 2.70 bits per heavy atom. The number of aromatic nitrogens is 1. The van der Waals surface area contributed by atoms with Crippen molar-refractivity contribution in [3.05, 3.63) is 48.2 Å². The van der Waals surface area contributed by atoms with Gasteiger partial charge in [0.25, 0.3) is 0 Å². The van der Waals surface area contributed by atoms with Gasteiger partial charge in [-0.3, -0.25) is 9.69 Å². The lowest BCUT2D eigenvalue weighted by atomic mass is 10.1. The SMILES string of the molecule is O=C(CN1CCCCCCOc2ccccc2Oc2ncccc2C1)N1CC(O)C1. The molecule has 1 aromatic carbocycles. The second-order valence-corrected chi connectivity index (χ2v) is 7.94. The minimum Gasteiger partial charge on any atom is -0.490 e. The molecular formula is C23H29N3O4. The molecule has 30 heavy (non-hydrogen) atoms. The molecule has 2 aromatic rings. The van der Waals surface area contributed by atoms with Crippen LogP contribution >= 0.6 is 0 Å². The molecule has 7 nitrogen and oxygen atoms in total. The first kappa shape index (κ1) is 20.6. The molecule has 1 amide bonds. The van der Waals surface area contributed by atoms with Crippen LogP contribution in [0.1, 0.15) is 31.2 Å². The first-order valence-electron chi connectivity index (χ1n) is 10.7. The number of para-hydroxylation sites is 2. The van der Waals surface area contributed by atoms with Crippen molar-refractivity contribution in [3.63, 3.8) is 0 Å². The van der Waals surface area contributed by atoms with E-state index in [9.17, 15) is 9.90 Å². The standard InChI is InChI=1S/C23H29N3O4/c27-19-15-26(16-19)22(28)17-25-12-5-1-2-6-13-29-20-9-3-4-10-21(20)30-23-18(14-25)8-7-11-24-23/h3-4,7-11,19,27H,1-2,5-6,12-17H2. The number of fused-ring (bicyclic) bond motifs is 2. The number of carbonyl (C=O) groups is 1. The van der Waals surface area contributed by atoms with E-state index in [-0.39, 0.29) is 12.0 Å². The van der Waals surface area contributed by atoms with E-state index in [1.807, 2.05) is 36.4 Å². The lowest BCUT2D eigenvalue weighted by Crippen LogP contribution is -2.55. The number of likely N-dealkylation sites (tertiary alicyclic amines) is 1. The number of β-amino-alcohol motifs (C(OH)–C–C–N with tert-alkyl or cyclic N) is 1. The zero-order valence-corrected chi connectivity index (χ0v) is 17.2. The van der Waals surface area contributed by atoms with Crippen molar-refractivity contribution in [3.8, 4) is 17.4 Å². The highest BCUT2D eigenvalue weighted by Crippen LogP contribution is 2.32. The molecule has 1 aromatic heterocycles. The summed E-state index contributed by atoms with van der Waals surface area (Å²) < 4.78 is 12.1. The normalized spacial score (nSPS) is 18.8. The summed E-state index contributed by atoms with van der Waals surface area (Å²) in [6, 6.07) is 11.5. The van der Waals surface area contributed by atoms with E-state index >= 15 is 0 Å². The van der Waals surface area contributed by atoms with Gasteiger partial charge in [-0.05, 0) is 37.6 Å². The Balaban J connectivity index is 1.54. The smallest absolute Gasteiger partial charge is 0.236 e. The summed E-state index contributed by atoms with van der Waals surface area (Å²) in [5, 5.41) is 9.50. The first-order chi connectivity index (χ1) is 14.7. The average Bonchev–Trinajstić information content (AvgIpc) is 2.72. The fourth-order valence-electron chi connectivity index (χ4n) is 3.77. The second-order valence-electron chi connectivity index (χ2n) is 7.94. The molecule has 0 unspecified atom stereocenters. The summed E-state index contributed by atoms with van der Waals surface area (Å²) in [5.74, 6) is 1.95. The van der Waals surface area contributed by atoms with Crippen LogP contribution in [0.2, 0.25) is 0 Å². The first-order valence-corrected chi connectivity index (χ1v) is 10.7. The monoisotopic (exact) mass is 411 g/mol. The quantitative estimate of drug-likeness (QED) is 0.819. The third kappa shape index (κ3) is 5.29. The minimum absolute atomic E-state index is 0.0616. The van der Waals surface area contributed by atoms with E-state index in [1.54, 1.807) is 11.1 Å². The van der Waals surface area contributed by atoms with E-state index in [1.165, 1.54) is 0 Å². The van der Waals surface area contributed by atoms with Crippen LogP contribution in [0.4, 0.5) is 0 Å². The molecule has 1 saturated heterocycles. The molecule has 1 fully saturated rings. The summed E-state index contributed by atoms with van der Waals surface area (Å²) in [4.78, 5) is 20.9. The fourth-order valence-corrected chi connectivity index (χ4v) is 3.77. The van der Waals surface area contributed by atoms with E-state index in [2.05, 4.69) is 9.88 Å². The largest absolute Gasteiger partial charge is 0.490 e. The van der Waals surface area contributed by atoms with Gasteiger partial charge in [-0.1, -0.05) is 31.0 Å². The number of nitrogens with zero attached hydrogens (tertiary/aromatic N) is 3. The average molecular weight is 412 g/mol. The number of aliphatic hydroxyl groups excluding tert-OH is 1. The molecular weight excluding hydrogens is 382 g/mol. The van der Waals surface area contributed by atoms with E-state index < -0.39 is 0 Å². The van der Waals surface area contributed by atoms with Gasteiger partial charge in [0.05, 0.1) is 19.3 Å². The highest BCUT2D eigenvalue weighted by atomic mass is 16.5. The van der Waals surface area contributed by atoms with Crippen LogP contribution in [0.25, 0.3) is 0 Å². The van der Waals surface area contributed by atoms with Crippen molar-refractivity contribution in [1.82, 2.24) is 14.8 Å². The molecule has 2 aliphatic heterocycles. The van der Waals surface area contributed by atoms with Crippen molar-refractivity contribution in [2.24, 2.45) is 0 Å². The summed E-state index contributed by atoms with van der Waals surface area (Å²) in [6.45, 7) is 3.26. The van der Waals surface area contributed by atoms with Gasteiger partial charge < -0.3 is 19.5 Å². The van der Waals surface area contributed by atoms with Crippen LogP contribution in [-0.2, 0) is 11.3 Å². The van der Waals surface area contributed by atoms with E-state index in [0.29, 0.717) is 44.4 Å². The van der Waals surface area contributed by atoms with Gasteiger partial charge >= 0.3 is 0 Å². The van der Waals surface area contributed by atoms with E-state index in [4.69, 9.17) is 9.47 Å². The lowest BCUT2D eigenvalue weighted by Gasteiger charge is -2.37. The maximum atomic E-state index is 12.6. The Labute approximate surface area is 177 Å². The molecule has 4 rings (SSSR count). The molecule has 3 heterocycles. The van der Waals surface area contributed by atoms with Crippen LogP contribution in [0, 0.1) is 0 Å². The Hall–Kier alpha value is -2.64. The summed E-state index contributed by atoms with van der Waals surface area (Å²) in [5.41, 5.74) is 0.931. The number of ether oxygens (including phenoxy) is 2. The van der Waals surface area contributed by atoms with Crippen LogP contribution in [-0.4, -0.2) is 64.7 Å². The third-order valence-electron chi connectivity index (χ3n) is 5.50. The molecule has 0 saturated carbocycles. The topological polar surface area (TPSA) is 75.1 Å². The fraction of sp³-hybridized carbons (Fsp3) is 0.478. The van der Waals surface area contributed by atoms with Gasteiger partial charge in [0.15, 0.2) is 11.5 Å². The van der Waals surface area contributed by atoms with Crippen LogP contribution < -0.4 is 9.47 Å². The van der Waals surface area contributed by atoms with Crippen molar-refractivity contribution in [2.45, 2.75) is 38.3 Å². The van der Waals surface area contributed by atoms with Gasteiger partial charge in [0.1, 0.15) is 0 Å². The Bertz CT molecular complexity index is 854. The number of aliphatic hydroxyl groups is 1. The Morgan fingerprint density at radius 2 is 1.87 bits per heavy atom. The van der Waals surface area contributed by atoms with Gasteiger partial charge in [0.2, 0.25) is 11.8 Å². The number of pyridine rings is 1. The molecule has 1 N–H and O–H groups in total. The van der Waals surface area contributed by atoms with Gasteiger partial charge in [0, 0.05) is 31.4 Å². The predicted molar refractivity (Wildman–Crippen MR) is 113 cm³/mol. The molecule has 160 valence electrons.